The number of benzene rings is 2. The summed E-state index contributed by atoms with van der Waals surface area (Å²) in [6.07, 6.45) is 0.555. The molecular weight excluding hydrogens is 419 g/mol. The largest absolute Gasteiger partial charge is 0.450 e. The second-order valence-electron chi connectivity index (χ2n) is 7.84. The van der Waals surface area contributed by atoms with E-state index in [2.05, 4.69) is 0 Å². The Labute approximate surface area is 182 Å². The summed E-state index contributed by atoms with van der Waals surface area (Å²) in [5.74, 6) is -1.15. The lowest BCUT2D eigenvalue weighted by molar-refractivity contribution is -0.384. The molecule has 0 N–H and O–H groups in total. The van der Waals surface area contributed by atoms with E-state index in [-0.39, 0.29) is 40.6 Å². The Kier molecular flexibility index (Phi) is 5.75. The van der Waals surface area contributed by atoms with E-state index in [4.69, 9.17) is 9.15 Å². The quantitative estimate of drug-likeness (QED) is 0.310. The molecule has 0 saturated carbocycles. The molecule has 9 heteroatoms. The summed E-state index contributed by atoms with van der Waals surface area (Å²) in [6.45, 7) is 4.51. The summed E-state index contributed by atoms with van der Waals surface area (Å²) in [4.78, 5) is 38.5. The van der Waals surface area contributed by atoms with Crippen LogP contribution in [0.25, 0.3) is 11.0 Å². The fourth-order valence-corrected chi connectivity index (χ4v) is 3.90. The summed E-state index contributed by atoms with van der Waals surface area (Å²) in [5.41, 5.74) is 0.138. The molecule has 0 bridgehead atoms. The van der Waals surface area contributed by atoms with E-state index in [1.165, 1.54) is 35.2 Å². The molecule has 1 aliphatic rings. The highest BCUT2D eigenvalue weighted by Gasteiger charge is 2.42. The van der Waals surface area contributed by atoms with Gasteiger partial charge in [0, 0.05) is 25.3 Å². The molecule has 3 aromatic rings. The van der Waals surface area contributed by atoms with Crippen molar-refractivity contribution < 1.29 is 23.3 Å². The summed E-state index contributed by atoms with van der Waals surface area (Å²) >= 11 is 0. The van der Waals surface area contributed by atoms with Crippen molar-refractivity contribution in [1.82, 2.24) is 4.90 Å². The lowest BCUT2D eigenvalue weighted by Gasteiger charge is -2.25. The van der Waals surface area contributed by atoms with Crippen LogP contribution in [0.15, 0.2) is 51.7 Å². The molecule has 0 saturated heterocycles. The molecule has 0 aliphatic carbocycles. The molecule has 0 unspecified atom stereocenters. The number of carbonyl (C=O) groups is 1. The van der Waals surface area contributed by atoms with Crippen molar-refractivity contribution in [3.05, 3.63) is 85.5 Å². The number of nitro groups is 1. The van der Waals surface area contributed by atoms with Crippen LogP contribution in [0, 0.1) is 15.9 Å². The first kappa shape index (κ1) is 21.6. The highest BCUT2D eigenvalue weighted by atomic mass is 19.1. The Morgan fingerprint density at radius 3 is 2.56 bits per heavy atom. The molecule has 1 atom stereocenters. The van der Waals surface area contributed by atoms with Gasteiger partial charge in [0.2, 0.25) is 5.76 Å². The van der Waals surface area contributed by atoms with E-state index in [1.54, 1.807) is 0 Å². The van der Waals surface area contributed by atoms with Crippen LogP contribution in [0.2, 0.25) is 0 Å². The topological polar surface area (TPSA) is 103 Å². The van der Waals surface area contributed by atoms with Crippen LogP contribution in [0.1, 0.15) is 48.0 Å². The molecule has 0 radical (unpaired) electrons. The maximum Gasteiger partial charge on any atom is 0.290 e. The van der Waals surface area contributed by atoms with Crippen molar-refractivity contribution in [2.24, 2.45) is 0 Å². The Hall–Kier alpha value is -3.59. The third kappa shape index (κ3) is 3.87. The molecule has 2 aromatic carbocycles. The fourth-order valence-electron chi connectivity index (χ4n) is 3.90. The predicted molar refractivity (Wildman–Crippen MR) is 114 cm³/mol. The molecular formula is C23H21FN2O6. The maximum atomic E-state index is 13.8. The van der Waals surface area contributed by atoms with Crippen LogP contribution >= 0.6 is 0 Å². The number of carbonyl (C=O) groups excluding carboxylic acids is 1. The van der Waals surface area contributed by atoms with E-state index >= 15 is 0 Å². The molecule has 32 heavy (non-hydrogen) atoms. The van der Waals surface area contributed by atoms with E-state index in [1.807, 2.05) is 13.8 Å². The number of nitro benzene ring substituents is 1. The van der Waals surface area contributed by atoms with Crippen LogP contribution in [-0.2, 0) is 4.74 Å². The van der Waals surface area contributed by atoms with E-state index in [9.17, 15) is 24.1 Å². The Bertz CT molecular complexity index is 1250. The Morgan fingerprint density at radius 1 is 1.19 bits per heavy atom. The second kappa shape index (κ2) is 8.51. The molecule has 1 aromatic heterocycles. The van der Waals surface area contributed by atoms with Crippen LogP contribution < -0.4 is 5.43 Å². The van der Waals surface area contributed by atoms with Crippen LogP contribution in [0.4, 0.5) is 10.1 Å². The van der Waals surface area contributed by atoms with Gasteiger partial charge in [-0.2, -0.15) is 0 Å². The maximum absolute atomic E-state index is 13.8. The van der Waals surface area contributed by atoms with Crippen molar-refractivity contribution >= 4 is 22.6 Å². The third-order valence-corrected chi connectivity index (χ3v) is 5.34. The number of halogens is 1. The molecule has 1 amide bonds. The highest BCUT2D eigenvalue weighted by Crippen LogP contribution is 2.38. The first-order valence-corrected chi connectivity index (χ1v) is 10.2. The molecule has 2 heterocycles. The first-order chi connectivity index (χ1) is 15.3. The monoisotopic (exact) mass is 440 g/mol. The number of non-ortho nitro benzene ring substituents is 1. The number of hydrogen-bond donors (Lipinski definition) is 0. The van der Waals surface area contributed by atoms with Gasteiger partial charge in [-0.25, -0.2) is 4.39 Å². The summed E-state index contributed by atoms with van der Waals surface area (Å²) in [5, 5.41) is 11.1. The molecule has 0 fully saturated rings. The normalized spacial score (nSPS) is 15.6. The number of fused-ring (bicyclic) bond motifs is 2. The van der Waals surface area contributed by atoms with E-state index in [0.29, 0.717) is 18.6 Å². The number of hydrogen-bond acceptors (Lipinski definition) is 6. The molecule has 166 valence electrons. The van der Waals surface area contributed by atoms with Gasteiger partial charge in [-0.15, -0.1) is 0 Å². The van der Waals surface area contributed by atoms with E-state index < -0.39 is 28.1 Å². The number of rotatable bonds is 7. The van der Waals surface area contributed by atoms with E-state index in [0.717, 1.165) is 12.1 Å². The zero-order chi connectivity index (χ0) is 23.0. The van der Waals surface area contributed by atoms with Crippen molar-refractivity contribution in [3.63, 3.8) is 0 Å². The molecule has 1 aliphatic heterocycles. The smallest absolute Gasteiger partial charge is 0.290 e. The highest BCUT2D eigenvalue weighted by molar-refractivity contribution is 5.99. The fraction of sp³-hybridized carbons (Fsp3) is 0.304. The first-order valence-electron chi connectivity index (χ1n) is 10.2. The van der Waals surface area contributed by atoms with Gasteiger partial charge >= 0.3 is 0 Å². The minimum absolute atomic E-state index is 0.0356. The van der Waals surface area contributed by atoms with Crippen molar-refractivity contribution in [2.75, 3.05) is 13.2 Å². The number of ether oxygens (including phenoxy) is 1. The second-order valence-corrected chi connectivity index (χ2v) is 7.84. The number of amides is 1. The van der Waals surface area contributed by atoms with Gasteiger partial charge in [-0.05, 0) is 56.2 Å². The van der Waals surface area contributed by atoms with Crippen LogP contribution in [0.5, 0.6) is 0 Å². The Morgan fingerprint density at radius 2 is 1.91 bits per heavy atom. The minimum atomic E-state index is -0.804. The van der Waals surface area contributed by atoms with Gasteiger partial charge in [0.1, 0.15) is 11.4 Å². The van der Waals surface area contributed by atoms with Crippen molar-refractivity contribution in [2.45, 2.75) is 32.4 Å². The van der Waals surface area contributed by atoms with Gasteiger partial charge in [0.25, 0.3) is 11.6 Å². The van der Waals surface area contributed by atoms with Gasteiger partial charge in [-0.1, -0.05) is 0 Å². The van der Waals surface area contributed by atoms with Crippen molar-refractivity contribution in [1.29, 1.82) is 0 Å². The summed E-state index contributed by atoms with van der Waals surface area (Å²) in [6, 6.07) is 8.42. The van der Waals surface area contributed by atoms with Crippen LogP contribution in [-0.4, -0.2) is 35.0 Å². The number of nitrogens with zero attached hydrogens (tertiary/aromatic N) is 2. The van der Waals surface area contributed by atoms with Gasteiger partial charge in [0.05, 0.1) is 28.0 Å². The standard InChI is InChI=1S/C23H21FN2O6/c1-13(2)31-11-3-10-25-20(14-4-7-16(8-5-14)26(29)30)19-21(27)17-12-15(24)6-9-18(17)32-22(19)23(25)28/h4-9,12-13,20H,3,10-11H2,1-2H3/t20-/m0/s1. The zero-order valence-electron chi connectivity index (χ0n) is 17.5. The minimum Gasteiger partial charge on any atom is -0.450 e. The molecule has 8 nitrogen and oxygen atoms in total. The average molecular weight is 440 g/mol. The average Bonchev–Trinajstić information content (AvgIpc) is 3.04. The summed E-state index contributed by atoms with van der Waals surface area (Å²) in [7, 11) is 0. The van der Waals surface area contributed by atoms with Crippen LogP contribution in [0.3, 0.4) is 0 Å². The Balaban J connectivity index is 1.81. The van der Waals surface area contributed by atoms with Gasteiger partial charge in [-0.3, -0.25) is 19.7 Å². The van der Waals surface area contributed by atoms with Gasteiger partial charge in [0.15, 0.2) is 5.43 Å². The van der Waals surface area contributed by atoms with Gasteiger partial charge < -0.3 is 14.1 Å². The van der Waals surface area contributed by atoms with Crippen molar-refractivity contribution in [3.8, 4) is 0 Å². The zero-order valence-corrected chi connectivity index (χ0v) is 17.5. The SMILES string of the molecule is CC(C)OCCCN1C(=O)c2oc3ccc(F)cc3c(=O)c2[C@@H]1c1ccc([N+](=O)[O-])cc1. The molecule has 0 spiro atoms. The lowest BCUT2D eigenvalue weighted by Crippen LogP contribution is -2.31. The predicted octanol–water partition coefficient (Wildman–Crippen LogP) is 4.20. The third-order valence-electron chi connectivity index (χ3n) is 5.34. The summed E-state index contributed by atoms with van der Waals surface area (Å²) < 4.78 is 25.1. The molecule has 4 rings (SSSR count). The lowest BCUT2D eigenvalue weighted by atomic mass is 9.98.